The first-order valence-electron chi connectivity index (χ1n) is 4.79. The zero-order valence-electron chi connectivity index (χ0n) is 7.90. The van der Waals surface area contributed by atoms with Crippen molar-refractivity contribution in [2.75, 3.05) is 0 Å². The van der Waals surface area contributed by atoms with Gasteiger partial charge in [-0.3, -0.25) is 4.79 Å². The summed E-state index contributed by atoms with van der Waals surface area (Å²) in [4.78, 5) is 11.7. The maximum atomic E-state index is 13.5. The Morgan fingerprint density at radius 3 is 2.53 bits per heavy atom. The minimum atomic E-state index is -0.785. The molecule has 1 aromatic rings. The van der Waals surface area contributed by atoms with Gasteiger partial charge < -0.3 is 0 Å². The van der Waals surface area contributed by atoms with Gasteiger partial charge in [0, 0.05) is 5.92 Å². The first kappa shape index (κ1) is 10.7. The summed E-state index contributed by atoms with van der Waals surface area (Å²) < 4.78 is 27.0. The van der Waals surface area contributed by atoms with Gasteiger partial charge in [0.05, 0.1) is 10.0 Å². The van der Waals surface area contributed by atoms with E-state index in [4.69, 9.17) is 0 Å². The first-order valence-corrected chi connectivity index (χ1v) is 5.58. The zero-order valence-corrected chi connectivity index (χ0v) is 9.48. The Morgan fingerprint density at radius 1 is 1.33 bits per heavy atom. The minimum Gasteiger partial charge on any atom is -0.294 e. The van der Waals surface area contributed by atoms with Crippen LogP contribution in [-0.2, 0) is 0 Å². The van der Waals surface area contributed by atoms with Crippen LogP contribution in [0.3, 0.4) is 0 Å². The summed E-state index contributed by atoms with van der Waals surface area (Å²) in [6, 6.07) is 2.38. The standard InChI is InChI=1S/C11H9BrF2O/c12-7-4-5-8(13)9(10(7)14)11(15)6-2-1-3-6/h4-6H,1-3H2. The summed E-state index contributed by atoms with van der Waals surface area (Å²) in [6.07, 6.45) is 2.45. The lowest BCUT2D eigenvalue weighted by molar-refractivity contribution is 0.0846. The summed E-state index contributed by atoms with van der Waals surface area (Å²) in [7, 11) is 0. The van der Waals surface area contributed by atoms with Gasteiger partial charge in [-0.2, -0.15) is 0 Å². The second-order valence-corrected chi connectivity index (χ2v) is 4.56. The lowest BCUT2D eigenvalue weighted by Crippen LogP contribution is -2.24. The van der Waals surface area contributed by atoms with Gasteiger partial charge in [-0.15, -0.1) is 0 Å². The van der Waals surface area contributed by atoms with Crippen LogP contribution in [0.1, 0.15) is 29.6 Å². The molecule has 1 aliphatic rings. The van der Waals surface area contributed by atoms with Crippen LogP contribution in [0.15, 0.2) is 16.6 Å². The van der Waals surface area contributed by atoms with Crippen molar-refractivity contribution in [1.82, 2.24) is 0 Å². The van der Waals surface area contributed by atoms with E-state index >= 15 is 0 Å². The minimum absolute atomic E-state index is 0.131. The number of benzene rings is 1. The number of carbonyl (C=O) groups is 1. The SMILES string of the molecule is O=C(c1c(F)ccc(Br)c1F)C1CCC1. The molecule has 0 bridgehead atoms. The summed E-state index contributed by atoms with van der Waals surface area (Å²) in [5, 5.41) is 0. The van der Waals surface area contributed by atoms with E-state index in [0.717, 1.165) is 25.3 Å². The molecule has 1 nitrogen and oxygen atoms in total. The molecule has 1 saturated carbocycles. The lowest BCUT2D eigenvalue weighted by atomic mass is 9.80. The molecule has 1 fully saturated rings. The van der Waals surface area contributed by atoms with Crippen LogP contribution >= 0.6 is 15.9 Å². The Labute approximate surface area is 94.6 Å². The van der Waals surface area contributed by atoms with Crippen LogP contribution in [0.25, 0.3) is 0 Å². The van der Waals surface area contributed by atoms with Gasteiger partial charge in [0.25, 0.3) is 0 Å². The predicted octanol–water partition coefficient (Wildman–Crippen LogP) is 3.71. The van der Waals surface area contributed by atoms with E-state index in [-0.39, 0.29) is 10.4 Å². The monoisotopic (exact) mass is 274 g/mol. The third-order valence-corrected chi connectivity index (χ3v) is 3.38. The van der Waals surface area contributed by atoms with Gasteiger partial charge in [-0.05, 0) is 40.9 Å². The van der Waals surface area contributed by atoms with Gasteiger partial charge in [-0.1, -0.05) is 6.42 Å². The smallest absolute Gasteiger partial charge is 0.171 e. The van der Waals surface area contributed by atoms with E-state index in [1.54, 1.807) is 0 Å². The molecule has 0 unspecified atom stereocenters. The highest BCUT2D eigenvalue weighted by Gasteiger charge is 2.30. The van der Waals surface area contributed by atoms with E-state index in [9.17, 15) is 13.6 Å². The van der Waals surface area contributed by atoms with E-state index < -0.39 is 23.0 Å². The molecule has 0 saturated heterocycles. The van der Waals surface area contributed by atoms with Crippen LogP contribution in [0.5, 0.6) is 0 Å². The number of ketones is 1. The molecule has 80 valence electrons. The molecule has 1 aliphatic carbocycles. The average molecular weight is 275 g/mol. The first-order chi connectivity index (χ1) is 7.11. The van der Waals surface area contributed by atoms with Crippen molar-refractivity contribution in [3.8, 4) is 0 Å². The maximum Gasteiger partial charge on any atom is 0.171 e. The van der Waals surface area contributed by atoms with Gasteiger partial charge in [0.15, 0.2) is 11.6 Å². The molecule has 15 heavy (non-hydrogen) atoms. The Balaban J connectivity index is 2.41. The van der Waals surface area contributed by atoms with Crippen molar-refractivity contribution in [3.05, 3.63) is 33.8 Å². The Bertz CT molecular complexity index is 413. The molecule has 0 aromatic heterocycles. The molecule has 4 heteroatoms. The number of hydrogen-bond acceptors (Lipinski definition) is 1. The molecule has 0 spiro atoms. The van der Waals surface area contributed by atoms with Gasteiger partial charge in [-0.25, -0.2) is 8.78 Å². The Kier molecular flexibility index (Phi) is 2.87. The van der Waals surface area contributed by atoms with Gasteiger partial charge in [0.2, 0.25) is 0 Å². The van der Waals surface area contributed by atoms with Crippen molar-refractivity contribution in [1.29, 1.82) is 0 Å². The summed E-state index contributed by atoms with van der Waals surface area (Å²) >= 11 is 2.94. The molecular formula is C11H9BrF2O. The van der Waals surface area contributed by atoms with Crippen molar-refractivity contribution in [3.63, 3.8) is 0 Å². The van der Waals surface area contributed by atoms with Crippen LogP contribution in [-0.4, -0.2) is 5.78 Å². The van der Waals surface area contributed by atoms with Crippen molar-refractivity contribution >= 4 is 21.7 Å². The molecule has 0 aliphatic heterocycles. The highest BCUT2D eigenvalue weighted by molar-refractivity contribution is 9.10. The Hall–Kier alpha value is -0.770. The number of carbonyl (C=O) groups excluding carboxylic acids is 1. The van der Waals surface area contributed by atoms with Crippen molar-refractivity contribution in [2.24, 2.45) is 5.92 Å². The van der Waals surface area contributed by atoms with E-state index in [1.807, 2.05) is 0 Å². The Morgan fingerprint density at radius 2 is 2.00 bits per heavy atom. The van der Waals surface area contributed by atoms with Gasteiger partial charge >= 0.3 is 0 Å². The second-order valence-electron chi connectivity index (χ2n) is 3.71. The fourth-order valence-corrected chi connectivity index (χ4v) is 1.96. The van der Waals surface area contributed by atoms with E-state index in [0.29, 0.717) is 0 Å². The lowest BCUT2D eigenvalue weighted by Gasteiger charge is -2.24. The second kappa shape index (κ2) is 4.00. The highest BCUT2D eigenvalue weighted by Crippen LogP contribution is 2.32. The van der Waals surface area contributed by atoms with Gasteiger partial charge in [0.1, 0.15) is 5.82 Å². The van der Waals surface area contributed by atoms with Crippen LogP contribution in [0.2, 0.25) is 0 Å². The highest BCUT2D eigenvalue weighted by atomic mass is 79.9. The summed E-state index contributed by atoms with van der Waals surface area (Å²) in [5.74, 6) is -2.15. The number of rotatable bonds is 2. The third kappa shape index (κ3) is 1.83. The quantitative estimate of drug-likeness (QED) is 0.594. The zero-order chi connectivity index (χ0) is 11.0. The van der Waals surface area contributed by atoms with Crippen molar-refractivity contribution < 1.29 is 13.6 Å². The molecule has 0 atom stereocenters. The predicted molar refractivity (Wildman–Crippen MR) is 55.7 cm³/mol. The molecule has 0 heterocycles. The molecular weight excluding hydrogens is 266 g/mol. The van der Waals surface area contributed by atoms with E-state index in [1.165, 1.54) is 6.07 Å². The molecule has 0 amide bonds. The van der Waals surface area contributed by atoms with E-state index in [2.05, 4.69) is 15.9 Å². The van der Waals surface area contributed by atoms with Crippen LogP contribution in [0, 0.1) is 17.6 Å². The number of hydrogen-bond donors (Lipinski definition) is 0. The molecule has 0 N–H and O–H groups in total. The number of Topliss-reactive ketones (excluding diaryl/α,β-unsaturated/α-hetero) is 1. The normalized spacial score (nSPS) is 16.2. The summed E-state index contributed by atoms with van der Waals surface area (Å²) in [6.45, 7) is 0. The van der Waals surface area contributed by atoms with Crippen molar-refractivity contribution in [2.45, 2.75) is 19.3 Å². The van der Waals surface area contributed by atoms with Crippen LogP contribution < -0.4 is 0 Å². The largest absolute Gasteiger partial charge is 0.294 e. The summed E-state index contributed by atoms with van der Waals surface area (Å²) in [5.41, 5.74) is -0.394. The van der Waals surface area contributed by atoms with Crippen LogP contribution in [0.4, 0.5) is 8.78 Å². The fraction of sp³-hybridized carbons (Fsp3) is 0.364. The average Bonchev–Trinajstić information content (AvgIpc) is 2.09. The third-order valence-electron chi connectivity index (χ3n) is 2.77. The molecule has 0 radical (unpaired) electrons. The topological polar surface area (TPSA) is 17.1 Å². The maximum absolute atomic E-state index is 13.5. The number of halogens is 3. The fourth-order valence-electron chi connectivity index (χ4n) is 1.63. The molecule has 1 aromatic carbocycles. The molecule has 2 rings (SSSR count).